The number of fused-ring (bicyclic) bond motifs is 1. The van der Waals surface area contributed by atoms with Crippen molar-refractivity contribution in [2.45, 2.75) is 5.75 Å². The molecular formula is C13H12N2S2. The van der Waals surface area contributed by atoms with E-state index in [1.165, 1.54) is 9.76 Å². The lowest BCUT2D eigenvalue weighted by molar-refractivity contribution is 1.18. The molecule has 0 amide bonds. The van der Waals surface area contributed by atoms with Crippen molar-refractivity contribution >= 4 is 38.8 Å². The first-order valence-corrected chi connectivity index (χ1v) is 7.54. The first-order chi connectivity index (χ1) is 8.42. The van der Waals surface area contributed by atoms with Crippen LogP contribution in [0.4, 0.5) is 0 Å². The molecule has 1 aliphatic heterocycles. The minimum Gasteiger partial charge on any atom is -0.271 e. The van der Waals surface area contributed by atoms with Crippen LogP contribution in [-0.4, -0.2) is 21.7 Å². The summed E-state index contributed by atoms with van der Waals surface area (Å²) in [5.41, 5.74) is 2.20. The van der Waals surface area contributed by atoms with Gasteiger partial charge in [0.1, 0.15) is 4.38 Å². The van der Waals surface area contributed by atoms with Gasteiger partial charge >= 0.3 is 0 Å². The van der Waals surface area contributed by atoms with Gasteiger partial charge in [-0.05, 0) is 12.1 Å². The fourth-order valence-electron chi connectivity index (χ4n) is 1.73. The highest BCUT2D eigenvalue weighted by molar-refractivity contribution is 8.38. The van der Waals surface area contributed by atoms with E-state index in [4.69, 9.17) is 0 Å². The Labute approximate surface area is 109 Å². The number of para-hydroxylation sites is 1. The van der Waals surface area contributed by atoms with Crippen LogP contribution in [0.5, 0.6) is 0 Å². The average molecular weight is 260 g/mol. The summed E-state index contributed by atoms with van der Waals surface area (Å²) in [4.78, 5) is 9.08. The molecule has 0 spiro atoms. The minimum atomic E-state index is 0.913. The van der Waals surface area contributed by atoms with Crippen LogP contribution in [0.2, 0.25) is 0 Å². The molecule has 0 saturated heterocycles. The monoisotopic (exact) mass is 260 g/mol. The topological polar surface area (TPSA) is 25.2 Å². The lowest BCUT2D eigenvalue weighted by Crippen LogP contribution is -1.90. The van der Waals surface area contributed by atoms with Gasteiger partial charge in [0.25, 0.3) is 0 Å². The lowest BCUT2D eigenvalue weighted by Gasteiger charge is -2.02. The molecule has 0 atom stereocenters. The number of benzene rings is 1. The highest BCUT2D eigenvalue weighted by Crippen LogP contribution is 2.25. The zero-order chi connectivity index (χ0) is 11.5. The van der Waals surface area contributed by atoms with Crippen LogP contribution in [0.1, 0.15) is 5.69 Å². The van der Waals surface area contributed by atoms with Crippen LogP contribution in [0.25, 0.3) is 10.9 Å². The lowest BCUT2D eigenvalue weighted by atomic mass is 10.2. The highest BCUT2D eigenvalue weighted by Gasteiger charge is 2.08. The van der Waals surface area contributed by atoms with Crippen LogP contribution in [0.15, 0.2) is 41.4 Å². The van der Waals surface area contributed by atoms with Crippen molar-refractivity contribution in [2.24, 2.45) is 4.99 Å². The fraction of sp³-hybridized carbons (Fsp3) is 0.231. The number of aromatic nitrogens is 1. The molecule has 1 aromatic carbocycles. The van der Waals surface area contributed by atoms with Gasteiger partial charge in [-0.15, -0.1) is 0 Å². The Morgan fingerprint density at radius 3 is 3.00 bits per heavy atom. The molecule has 0 aliphatic carbocycles. The van der Waals surface area contributed by atoms with E-state index in [0.29, 0.717) is 0 Å². The molecule has 2 aromatic rings. The van der Waals surface area contributed by atoms with E-state index in [1.807, 2.05) is 23.9 Å². The Hall–Kier alpha value is -1.00. The van der Waals surface area contributed by atoms with E-state index in [2.05, 4.69) is 34.2 Å². The summed E-state index contributed by atoms with van der Waals surface area (Å²) >= 11 is 3.65. The molecule has 0 N–H and O–H groups in total. The first kappa shape index (κ1) is 11.1. The normalized spacial score (nSPS) is 15.2. The minimum absolute atomic E-state index is 0.913. The number of nitrogens with zero attached hydrogens (tertiary/aromatic N) is 2. The van der Waals surface area contributed by atoms with E-state index >= 15 is 0 Å². The number of rotatable bonds is 2. The van der Waals surface area contributed by atoms with Gasteiger partial charge < -0.3 is 0 Å². The number of thioether (sulfide) groups is 2. The van der Waals surface area contributed by atoms with Crippen molar-refractivity contribution in [3.8, 4) is 0 Å². The molecule has 2 nitrogen and oxygen atoms in total. The van der Waals surface area contributed by atoms with E-state index < -0.39 is 0 Å². The van der Waals surface area contributed by atoms with Gasteiger partial charge in [0.15, 0.2) is 0 Å². The van der Waals surface area contributed by atoms with Crippen molar-refractivity contribution in [1.82, 2.24) is 4.98 Å². The van der Waals surface area contributed by atoms with Crippen molar-refractivity contribution in [3.63, 3.8) is 0 Å². The van der Waals surface area contributed by atoms with Crippen LogP contribution in [0, 0.1) is 0 Å². The van der Waals surface area contributed by atoms with Crippen molar-refractivity contribution in [1.29, 1.82) is 0 Å². The van der Waals surface area contributed by atoms with E-state index in [1.54, 1.807) is 11.8 Å². The summed E-state index contributed by atoms with van der Waals surface area (Å²) in [7, 11) is 0. The van der Waals surface area contributed by atoms with Gasteiger partial charge in [-0.1, -0.05) is 47.8 Å². The van der Waals surface area contributed by atoms with Gasteiger partial charge in [-0.2, -0.15) is 0 Å². The maximum Gasteiger partial charge on any atom is 0.125 e. The van der Waals surface area contributed by atoms with Gasteiger partial charge in [0.05, 0.1) is 17.8 Å². The van der Waals surface area contributed by atoms with Crippen LogP contribution < -0.4 is 0 Å². The number of pyridine rings is 1. The Morgan fingerprint density at radius 1 is 1.18 bits per heavy atom. The van der Waals surface area contributed by atoms with Gasteiger partial charge in [-0.25, -0.2) is 0 Å². The zero-order valence-electron chi connectivity index (χ0n) is 9.30. The third-order valence-corrected chi connectivity index (χ3v) is 4.84. The largest absolute Gasteiger partial charge is 0.271 e. The second-order valence-corrected chi connectivity index (χ2v) is 6.09. The van der Waals surface area contributed by atoms with E-state index in [9.17, 15) is 0 Å². The third kappa shape index (κ3) is 2.64. The summed E-state index contributed by atoms with van der Waals surface area (Å²) < 4.78 is 1.21. The molecule has 86 valence electrons. The zero-order valence-corrected chi connectivity index (χ0v) is 10.9. The van der Waals surface area contributed by atoms with Crippen molar-refractivity contribution in [2.75, 3.05) is 12.3 Å². The highest BCUT2D eigenvalue weighted by atomic mass is 32.2. The van der Waals surface area contributed by atoms with Crippen molar-refractivity contribution in [3.05, 3.63) is 42.1 Å². The predicted octanol–water partition coefficient (Wildman–Crippen LogP) is 3.57. The molecular weight excluding hydrogens is 248 g/mol. The molecule has 17 heavy (non-hydrogen) atoms. The average Bonchev–Trinajstić information content (AvgIpc) is 2.89. The number of hydrogen-bond donors (Lipinski definition) is 0. The molecule has 0 fully saturated rings. The van der Waals surface area contributed by atoms with Crippen molar-refractivity contribution < 1.29 is 0 Å². The molecule has 4 heteroatoms. The SMILES string of the molecule is c1ccc2nc(CSC3=NCCS3)ccc2c1. The molecule has 0 bridgehead atoms. The second-order valence-electron chi connectivity index (χ2n) is 3.78. The molecule has 0 radical (unpaired) electrons. The Balaban J connectivity index is 1.76. The number of aliphatic imine (C=N–C) groups is 1. The predicted molar refractivity (Wildman–Crippen MR) is 77.8 cm³/mol. The summed E-state index contributed by atoms with van der Waals surface area (Å²) in [5.74, 6) is 2.05. The summed E-state index contributed by atoms with van der Waals surface area (Å²) in [6, 6.07) is 12.5. The molecule has 3 rings (SSSR count). The van der Waals surface area contributed by atoms with E-state index in [0.717, 1.165) is 29.3 Å². The Morgan fingerprint density at radius 2 is 2.12 bits per heavy atom. The number of hydrogen-bond acceptors (Lipinski definition) is 4. The molecule has 1 aliphatic rings. The summed E-state index contributed by atoms with van der Waals surface area (Å²) in [5, 5.41) is 1.20. The maximum absolute atomic E-state index is 4.65. The smallest absolute Gasteiger partial charge is 0.125 e. The quantitative estimate of drug-likeness (QED) is 0.825. The third-order valence-electron chi connectivity index (χ3n) is 2.56. The standard InChI is InChI=1S/C13H12N2S2/c1-2-4-12-10(3-1)5-6-11(15-12)9-17-13-14-7-8-16-13/h1-6H,7-9H2. The Bertz CT molecular complexity index is 566. The molecule has 0 saturated carbocycles. The van der Waals surface area contributed by atoms with Crippen LogP contribution >= 0.6 is 23.5 Å². The van der Waals surface area contributed by atoms with E-state index in [-0.39, 0.29) is 0 Å². The van der Waals surface area contributed by atoms with Crippen LogP contribution in [0.3, 0.4) is 0 Å². The second kappa shape index (κ2) is 5.10. The van der Waals surface area contributed by atoms with Gasteiger partial charge in [0.2, 0.25) is 0 Å². The first-order valence-electron chi connectivity index (χ1n) is 5.56. The van der Waals surface area contributed by atoms with Crippen LogP contribution in [-0.2, 0) is 5.75 Å². The van der Waals surface area contributed by atoms with Gasteiger partial charge in [-0.3, -0.25) is 9.98 Å². The Kier molecular flexibility index (Phi) is 3.34. The maximum atomic E-state index is 4.65. The molecule has 2 heterocycles. The summed E-state index contributed by atoms with van der Waals surface area (Å²) in [6.45, 7) is 0.970. The summed E-state index contributed by atoms with van der Waals surface area (Å²) in [6.07, 6.45) is 0. The van der Waals surface area contributed by atoms with Gasteiger partial charge in [0, 0.05) is 16.9 Å². The molecule has 1 aromatic heterocycles. The molecule has 0 unspecified atom stereocenters. The fourth-order valence-corrected chi connectivity index (χ4v) is 3.64.